The minimum Gasteiger partial charge on any atom is -0.455 e. The number of aryl methyl sites for hydroxylation is 2. The quantitative estimate of drug-likeness (QED) is 0.443. The van der Waals surface area contributed by atoms with Crippen LogP contribution < -0.4 is 10.2 Å². The number of nitrogens with one attached hydrogen (secondary N) is 1. The molecule has 1 heterocycles. The standard InChI is InChI=1S/C21H21N3O6/c1-13-5-3-4-6-17(13)23-11-15(9-20(23)26)21(27)30-12-19(25)22-16-8-7-14(2)18(10-16)24(28)29/h3-8,10,15H,9,11-12H2,1-2H3,(H,22,25)/t15-/m0/s1. The molecule has 0 unspecified atom stereocenters. The third-order valence-corrected chi connectivity index (χ3v) is 4.90. The molecular formula is C21H21N3O6. The number of benzene rings is 2. The van der Waals surface area contributed by atoms with Gasteiger partial charge in [-0.1, -0.05) is 24.3 Å². The monoisotopic (exact) mass is 411 g/mol. The molecule has 0 spiro atoms. The molecule has 0 saturated carbocycles. The lowest BCUT2D eigenvalue weighted by Gasteiger charge is -2.18. The van der Waals surface area contributed by atoms with Crippen molar-refractivity contribution in [2.45, 2.75) is 20.3 Å². The maximum absolute atomic E-state index is 12.3. The molecule has 9 heteroatoms. The Morgan fingerprint density at radius 3 is 2.63 bits per heavy atom. The lowest BCUT2D eigenvalue weighted by Crippen LogP contribution is -2.28. The van der Waals surface area contributed by atoms with Gasteiger partial charge in [0.25, 0.3) is 11.6 Å². The Kier molecular flexibility index (Phi) is 6.10. The number of nitrogens with zero attached hydrogens (tertiary/aromatic N) is 2. The van der Waals surface area contributed by atoms with Crippen LogP contribution in [0.5, 0.6) is 0 Å². The summed E-state index contributed by atoms with van der Waals surface area (Å²) in [5.74, 6) is -2.10. The Morgan fingerprint density at radius 2 is 1.93 bits per heavy atom. The molecule has 9 nitrogen and oxygen atoms in total. The SMILES string of the molecule is Cc1ccccc1N1C[C@@H](C(=O)OCC(=O)Nc2ccc(C)c([N+](=O)[O-])c2)CC1=O. The second-order valence-corrected chi connectivity index (χ2v) is 7.11. The number of rotatable bonds is 6. The molecular weight excluding hydrogens is 390 g/mol. The number of ether oxygens (including phenoxy) is 1. The average molecular weight is 411 g/mol. The predicted molar refractivity (Wildman–Crippen MR) is 109 cm³/mol. The largest absolute Gasteiger partial charge is 0.455 e. The van der Waals surface area contributed by atoms with Crippen molar-refractivity contribution in [1.82, 2.24) is 0 Å². The normalized spacial score (nSPS) is 15.7. The Balaban J connectivity index is 1.55. The van der Waals surface area contributed by atoms with E-state index in [4.69, 9.17) is 4.74 Å². The molecule has 0 aliphatic carbocycles. The first kappa shape index (κ1) is 21.0. The number of carbonyl (C=O) groups excluding carboxylic acids is 3. The topological polar surface area (TPSA) is 119 Å². The molecule has 3 rings (SSSR count). The number of amides is 2. The van der Waals surface area contributed by atoms with E-state index in [1.165, 1.54) is 18.2 Å². The fourth-order valence-corrected chi connectivity index (χ4v) is 3.30. The van der Waals surface area contributed by atoms with Crippen LogP contribution in [-0.2, 0) is 19.1 Å². The molecule has 2 aromatic rings. The number of carbonyl (C=O) groups is 3. The molecule has 1 fully saturated rings. The first-order valence-electron chi connectivity index (χ1n) is 9.34. The van der Waals surface area contributed by atoms with Crippen molar-refractivity contribution in [3.63, 3.8) is 0 Å². The molecule has 156 valence electrons. The Labute approximate surface area is 172 Å². The molecule has 1 saturated heterocycles. The maximum Gasteiger partial charge on any atom is 0.311 e. The molecule has 0 aromatic heterocycles. The third kappa shape index (κ3) is 4.62. The van der Waals surface area contributed by atoms with Gasteiger partial charge in [0.2, 0.25) is 5.91 Å². The van der Waals surface area contributed by atoms with E-state index in [-0.39, 0.29) is 30.2 Å². The van der Waals surface area contributed by atoms with Crippen LogP contribution in [0.2, 0.25) is 0 Å². The van der Waals surface area contributed by atoms with Crippen LogP contribution in [-0.4, -0.2) is 35.9 Å². The Morgan fingerprint density at radius 1 is 1.20 bits per heavy atom. The summed E-state index contributed by atoms with van der Waals surface area (Å²) in [5.41, 5.74) is 2.25. The molecule has 0 radical (unpaired) electrons. The van der Waals surface area contributed by atoms with Crippen LogP contribution in [0.1, 0.15) is 17.5 Å². The van der Waals surface area contributed by atoms with E-state index in [0.29, 0.717) is 5.56 Å². The summed E-state index contributed by atoms with van der Waals surface area (Å²) >= 11 is 0. The average Bonchev–Trinajstić information content (AvgIpc) is 3.09. The van der Waals surface area contributed by atoms with Crippen molar-refractivity contribution in [2.75, 3.05) is 23.4 Å². The van der Waals surface area contributed by atoms with Crippen molar-refractivity contribution in [3.05, 3.63) is 63.7 Å². The van der Waals surface area contributed by atoms with Crippen molar-refractivity contribution in [2.24, 2.45) is 5.92 Å². The summed E-state index contributed by atoms with van der Waals surface area (Å²) in [6, 6.07) is 11.7. The lowest BCUT2D eigenvalue weighted by molar-refractivity contribution is -0.385. The van der Waals surface area contributed by atoms with Gasteiger partial charge in [-0.3, -0.25) is 24.5 Å². The van der Waals surface area contributed by atoms with Gasteiger partial charge in [-0.25, -0.2) is 0 Å². The maximum atomic E-state index is 12.3. The van der Waals surface area contributed by atoms with E-state index in [2.05, 4.69) is 5.32 Å². The van der Waals surface area contributed by atoms with Gasteiger partial charge in [-0.2, -0.15) is 0 Å². The van der Waals surface area contributed by atoms with Crippen LogP contribution in [0.4, 0.5) is 17.1 Å². The predicted octanol–water partition coefficient (Wildman–Crippen LogP) is 2.75. The van der Waals surface area contributed by atoms with Crippen molar-refractivity contribution < 1.29 is 24.0 Å². The van der Waals surface area contributed by atoms with Crippen molar-refractivity contribution in [3.8, 4) is 0 Å². The van der Waals surface area contributed by atoms with Gasteiger partial charge in [-0.05, 0) is 31.5 Å². The van der Waals surface area contributed by atoms with Crippen LogP contribution >= 0.6 is 0 Å². The minimum atomic E-state index is -0.662. The first-order valence-corrected chi connectivity index (χ1v) is 9.34. The molecule has 0 bridgehead atoms. The van der Waals surface area contributed by atoms with Gasteiger partial charge in [-0.15, -0.1) is 0 Å². The molecule has 1 aliphatic rings. The fourth-order valence-electron chi connectivity index (χ4n) is 3.30. The Bertz CT molecular complexity index is 1020. The summed E-state index contributed by atoms with van der Waals surface area (Å²) in [6.07, 6.45) is 0.0128. The number of para-hydroxylation sites is 1. The highest BCUT2D eigenvalue weighted by Crippen LogP contribution is 2.28. The van der Waals surface area contributed by atoms with E-state index in [1.807, 2.05) is 31.2 Å². The molecule has 1 N–H and O–H groups in total. The lowest BCUT2D eigenvalue weighted by atomic mass is 10.1. The highest BCUT2D eigenvalue weighted by molar-refractivity contribution is 6.00. The highest BCUT2D eigenvalue weighted by Gasteiger charge is 2.36. The number of esters is 1. The van der Waals surface area contributed by atoms with E-state index >= 15 is 0 Å². The molecule has 30 heavy (non-hydrogen) atoms. The van der Waals surface area contributed by atoms with Crippen LogP contribution in [0.15, 0.2) is 42.5 Å². The Hall–Kier alpha value is -3.75. The van der Waals surface area contributed by atoms with Crippen molar-refractivity contribution >= 4 is 34.8 Å². The van der Waals surface area contributed by atoms with E-state index < -0.39 is 29.3 Å². The van der Waals surface area contributed by atoms with Gasteiger partial charge in [0.1, 0.15) is 0 Å². The van der Waals surface area contributed by atoms with E-state index in [0.717, 1.165) is 11.3 Å². The fraction of sp³-hybridized carbons (Fsp3) is 0.286. The minimum absolute atomic E-state index is 0.0128. The number of hydrogen-bond acceptors (Lipinski definition) is 6. The number of nitro benzene ring substituents is 1. The summed E-state index contributed by atoms with van der Waals surface area (Å²) in [6.45, 7) is 3.12. The first-order chi connectivity index (χ1) is 14.3. The van der Waals surface area contributed by atoms with Gasteiger partial charge < -0.3 is 15.0 Å². The van der Waals surface area contributed by atoms with Gasteiger partial charge in [0.05, 0.1) is 10.8 Å². The van der Waals surface area contributed by atoms with Crippen molar-refractivity contribution in [1.29, 1.82) is 0 Å². The van der Waals surface area contributed by atoms with Crippen LogP contribution in [0.3, 0.4) is 0 Å². The van der Waals surface area contributed by atoms with Gasteiger partial charge >= 0.3 is 5.97 Å². The number of hydrogen-bond donors (Lipinski definition) is 1. The van der Waals surface area contributed by atoms with E-state index in [1.54, 1.807) is 11.8 Å². The van der Waals surface area contributed by atoms with Gasteiger partial charge in [0, 0.05) is 36.0 Å². The molecule has 2 amide bonds. The summed E-state index contributed by atoms with van der Waals surface area (Å²) in [7, 11) is 0. The molecule has 1 aliphatic heterocycles. The molecule has 2 aromatic carbocycles. The number of anilines is 2. The zero-order valence-corrected chi connectivity index (χ0v) is 16.6. The van der Waals surface area contributed by atoms with Crippen LogP contribution in [0.25, 0.3) is 0 Å². The summed E-state index contributed by atoms with van der Waals surface area (Å²) in [4.78, 5) is 48.7. The van der Waals surface area contributed by atoms with Gasteiger partial charge in [0.15, 0.2) is 6.61 Å². The van der Waals surface area contributed by atoms with E-state index in [9.17, 15) is 24.5 Å². The zero-order valence-electron chi connectivity index (χ0n) is 16.6. The second kappa shape index (κ2) is 8.73. The summed E-state index contributed by atoms with van der Waals surface area (Å²) < 4.78 is 5.06. The highest BCUT2D eigenvalue weighted by atomic mass is 16.6. The van der Waals surface area contributed by atoms with Crippen LogP contribution in [0, 0.1) is 29.9 Å². The zero-order chi connectivity index (χ0) is 21.8. The third-order valence-electron chi connectivity index (χ3n) is 4.90. The summed E-state index contributed by atoms with van der Waals surface area (Å²) in [5, 5.41) is 13.5. The smallest absolute Gasteiger partial charge is 0.311 e. The number of nitro groups is 1. The second-order valence-electron chi connectivity index (χ2n) is 7.11. The molecule has 1 atom stereocenters.